The molecule has 0 aliphatic carbocycles. The van der Waals surface area contributed by atoms with Crippen molar-refractivity contribution in [3.63, 3.8) is 0 Å². The molecule has 4 heteroatoms. The molecule has 1 aromatic carbocycles. The van der Waals surface area contributed by atoms with Gasteiger partial charge in [-0.15, -0.1) is 0 Å². The Balaban J connectivity index is 1.70. The molecule has 1 heterocycles. The number of likely N-dealkylation sites (tertiary alicyclic amines) is 1. The summed E-state index contributed by atoms with van der Waals surface area (Å²) < 4.78 is 5.79. The van der Waals surface area contributed by atoms with Crippen LogP contribution in [0.3, 0.4) is 0 Å². The Bertz CT molecular complexity index is 461. The fourth-order valence-corrected chi connectivity index (χ4v) is 2.93. The van der Waals surface area contributed by atoms with Crippen molar-refractivity contribution in [1.82, 2.24) is 4.90 Å². The first-order chi connectivity index (χ1) is 10.6. The third kappa shape index (κ3) is 5.11. The maximum Gasteiger partial charge on any atom is 0.239 e. The average Bonchev–Trinajstić information content (AvgIpc) is 2.95. The van der Waals surface area contributed by atoms with Crippen LogP contribution in [0.2, 0.25) is 0 Å². The van der Waals surface area contributed by atoms with E-state index in [1.165, 1.54) is 5.56 Å². The molecule has 1 aliphatic heterocycles. The second kappa shape index (κ2) is 8.30. The fourth-order valence-electron chi connectivity index (χ4n) is 2.93. The highest BCUT2D eigenvalue weighted by molar-refractivity contribution is 5.81. The number of benzene rings is 1. The Kier molecular flexibility index (Phi) is 6.40. The lowest BCUT2D eigenvalue weighted by Crippen LogP contribution is -2.43. The lowest BCUT2D eigenvalue weighted by atomic mass is 10.0. The van der Waals surface area contributed by atoms with Crippen molar-refractivity contribution in [2.75, 3.05) is 19.7 Å². The van der Waals surface area contributed by atoms with Crippen molar-refractivity contribution in [1.29, 1.82) is 0 Å². The van der Waals surface area contributed by atoms with Crippen LogP contribution in [-0.4, -0.2) is 36.5 Å². The molecule has 2 atom stereocenters. The molecule has 1 aromatic rings. The molecule has 122 valence electrons. The summed E-state index contributed by atoms with van der Waals surface area (Å²) in [5, 5.41) is 0. The first-order valence-corrected chi connectivity index (χ1v) is 8.22. The quantitative estimate of drug-likeness (QED) is 0.841. The van der Waals surface area contributed by atoms with Gasteiger partial charge in [0, 0.05) is 19.0 Å². The molecule has 1 aliphatic rings. The van der Waals surface area contributed by atoms with Crippen molar-refractivity contribution in [2.45, 2.75) is 39.3 Å². The first-order valence-electron chi connectivity index (χ1n) is 8.22. The molecule has 0 radical (unpaired) electrons. The SMILES string of the molecule is CC(C)C[C@H](N)C(=O)N1CCC(COCc2ccccc2)C1. The number of ether oxygens (including phenoxy) is 1. The van der Waals surface area contributed by atoms with Gasteiger partial charge >= 0.3 is 0 Å². The van der Waals surface area contributed by atoms with Crippen LogP contribution in [0.25, 0.3) is 0 Å². The predicted octanol–water partition coefficient (Wildman–Crippen LogP) is 2.43. The number of nitrogens with zero attached hydrogens (tertiary/aromatic N) is 1. The molecule has 1 amide bonds. The van der Waals surface area contributed by atoms with Crippen molar-refractivity contribution >= 4 is 5.91 Å². The van der Waals surface area contributed by atoms with Crippen LogP contribution in [0.5, 0.6) is 0 Å². The van der Waals surface area contributed by atoms with Crippen molar-refractivity contribution in [3.8, 4) is 0 Å². The Morgan fingerprint density at radius 2 is 2.09 bits per heavy atom. The van der Waals surface area contributed by atoms with Gasteiger partial charge in [-0.3, -0.25) is 4.79 Å². The molecule has 4 nitrogen and oxygen atoms in total. The minimum atomic E-state index is -0.357. The third-order valence-electron chi connectivity index (χ3n) is 4.11. The molecular weight excluding hydrogens is 276 g/mol. The molecule has 2 rings (SSSR count). The van der Waals surface area contributed by atoms with E-state index >= 15 is 0 Å². The van der Waals surface area contributed by atoms with Crippen molar-refractivity contribution in [3.05, 3.63) is 35.9 Å². The number of hydrogen-bond donors (Lipinski definition) is 1. The lowest BCUT2D eigenvalue weighted by Gasteiger charge is -2.22. The minimum absolute atomic E-state index is 0.0965. The van der Waals surface area contributed by atoms with Gasteiger partial charge < -0.3 is 15.4 Å². The summed E-state index contributed by atoms with van der Waals surface area (Å²) in [6.07, 6.45) is 1.76. The molecule has 0 spiro atoms. The minimum Gasteiger partial charge on any atom is -0.376 e. The van der Waals surface area contributed by atoms with Crippen LogP contribution in [0.15, 0.2) is 30.3 Å². The second-order valence-corrected chi connectivity index (χ2v) is 6.68. The van der Waals surface area contributed by atoms with Crippen molar-refractivity contribution < 1.29 is 9.53 Å². The van der Waals surface area contributed by atoms with Gasteiger partial charge in [-0.05, 0) is 24.3 Å². The van der Waals surface area contributed by atoms with E-state index in [0.717, 1.165) is 25.9 Å². The molecule has 22 heavy (non-hydrogen) atoms. The van der Waals surface area contributed by atoms with Crippen LogP contribution in [0.1, 0.15) is 32.3 Å². The van der Waals surface area contributed by atoms with Crippen LogP contribution in [-0.2, 0) is 16.1 Å². The van der Waals surface area contributed by atoms with E-state index in [-0.39, 0.29) is 11.9 Å². The molecule has 2 N–H and O–H groups in total. The van der Waals surface area contributed by atoms with Crippen molar-refractivity contribution in [2.24, 2.45) is 17.6 Å². The second-order valence-electron chi connectivity index (χ2n) is 6.68. The van der Waals surface area contributed by atoms with E-state index in [1.807, 2.05) is 23.1 Å². The Hall–Kier alpha value is -1.39. The highest BCUT2D eigenvalue weighted by Gasteiger charge is 2.29. The van der Waals surface area contributed by atoms with Crippen LogP contribution >= 0.6 is 0 Å². The van der Waals surface area contributed by atoms with Gasteiger partial charge in [-0.1, -0.05) is 44.2 Å². The highest BCUT2D eigenvalue weighted by atomic mass is 16.5. The smallest absolute Gasteiger partial charge is 0.239 e. The normalized spacial score (nSPS) is 19.6. The maximum atomic E-state index is 12.3. The Labute approximate surface area is 133 Å². The largest absolute Gasteiger partial charge is 0.376 e. The molecule has 1 fully saturated rings. The highest BCUT2D eigenvalue weighted by Crippen LogP contribution is 2.19. The summed E-state index contributed by atoms with van der Waals surface area (Å²) in [7, 11) is 0. The Morgan fingerprint density at radius 1 is 1.36 bits per heavy atom. The third-order valence-corrected chi connectivity index (χ3v) is 4.11. The van der Waals surface area contributed by atoms with E-state index in [0.29, 0.717) is 25.0 Å². The number of carbonyl (C=O) groups excluding carboxylic acids is 1. The summed E-state index contributed by atoms with van der Waals surface area (Å²) in [6.45, 7) is 7.12. The summed E-state index contributed by atoms with van der Waals surface area (Å²) >= 11 is 0. The van der Waals surface area contributed by atoms with Gasteiger partial charge in [-0.25, -0.2) is 0 Å². The van der Waals surface area contributed by atoms with Crippen LogP contribution in [0, 0.1) is 11.8 Å². The first kappa shape index (κ1) is 17.0. The lowest BCUT2D eigenvalue weighted by molar-refractivity contribution is -0.132. The van der Waals surface area contributed by atoms with E-state index in [9.17, 15) is 4.79 Å². The maximum absolute atomic E-state index is 12.3. The molecule has 0 bridgehead atoms. The number of carbonyl (C=O) groups is 1. The molecule has 0 aromatic heterocycles. The monoisotopic (exact) mass is 304 g/mol. The standard InChI is InChI=1S/C18H28N2O2/c1-14(2)10-17(19)18(21)20-9-8-16(11-20)13-22-12-15-6-4-3-5-7-15/h3-7,14,16-17H,8-13,19H2,1-2H3/t16?,17-/m0/s1. The number of nitrogens with two attached hydrogens (primary N) is 1. The Morgan fingerprint density at radius 3 is 2.77 bits per heavy atom. The van der Waals surface area contributed by atoms with Gasteiger partial charge in [0.05, 0.1) is 19.3 Å². The number of hydrogen-bond acceptors (Lipinski definition) is 3. The molecule has 1 unspecified atom stereocenters. The zero-order valence-electron chi connectivity index (χ0n) is 13.7. The fraction of sp³-hybridized carbons (Fsp3) is 0.611. The summed E-state index contributed by atoms with van der Waals surface area (Å²) in [4.78, 5) is 14.2. The average molecular weight is 304 g/mol. The van der Waals surface area contributed by atoms with E-state index in [4.69, 9.17) is 10.5 Å². The van der Waals surface area contributed by atoms with E-state index in [1.54, 1.807) is 0 Å². The van der Waals surface area contributed by atoms with Gasteiger partial charge in [0.2, 0.25) is 5.91 Å². The molecule has 0 saturated carbocycles. The number of rotatable bonds is 7. The summed E-state index contributed by atoms with van der Waals surface area (Å²) in [6, 6.07) is 9.81. The van der Waals surface area contributed by atoms with Gasteiger partial charge in [0.15, 0.2) is 0 Å². The summed E-state index contributed by atoms with van der Waals surface area (Å²) in [5.74, 6) is 0.977. The van der Waals surface area contributed by atoms with Crippen LogP contribution < -0.4 is 5.73 Å². The van der Waals surface area contributed by atoms with Crippen LogP contribution in [0.4, 0.5) is 0 Å². The van der Waals surface area contributed by atoms with Gasteiger partial charge in [0.1, 0.15) is 0 Å². The zero-order chi connectivity index (χ0) is 15.9. The van der Waals surface area contributed by atoms with E-state index in [2.05, 4.69) is 26.0 Å². The van der Waals surface area contributed by atoms with Gasteiger partial charge in [-0.2, -0.15) is 0 Å². The molecule has 1 saturated heterocycles. The van der Waals surface area contributed by atoms with Gasteiger partial charge in [0.25, 0.3) is 0 Å². The predicted molar refractivity (Wildman–Crippen MR) is 88.2 cm³/mol. The number of amides is 1. The van der Waals surface area contributed by atoms with E-state index < -0.39 is 0 Å². The molecular formula is C18H28N2O2. The topological polar surface area (TPSA) is 55.6 Å². The zero-order valence-corrected chi connectivity index (χ0v) is 13.7. The summed E-state index contributed by atoms with van der Waals surface area (Å²) in [5.41, 5.74) is 7.18.